The molecule has 1 heterocycles. The van der Waals surface area contributed by atoms with Crippen LogP contribution < -0.4 is 5.32 Å². The summed E-state index contributed by atoms with van der Waals surface area (Å²) in [6, 6.07) is 7.28. The van der Waals surface area contributed by atoms with Crippen molar-refractivity contribution in [2.75, 3.05) is 13.1 Å². The maximum absolute atomic E-state index is 14.4. The van der Waals surface area contributed by atoms with Gasteiger partial charge in [0.15, 0.2) is 5.78 Å². The Morgan fingerprint density at radius 2 is 1.88 bits per heavy atom. The van der Waals surface area contributed by atoms with Crippen molar-refractivity contribution in [1.82, 2.24) is 5.32 Å². The Labute approximate surface area is 101 Å². The molecule has 1 aliphatic heterocycles. The van der Waals surface area contributed by atoms with E-state index in [0.717, 1.165) is 18.7 Å². The van der Waals surface area contributed by atoms with Crippen molar-refractivity contribution < 1.29 is 9.18 Å². The Kier molecular flexibility index (Phi) is 3.57. The normalized spacial score (nSPS) is 18.9. The molecule has 1 aromatic carbocycles. The fourth-order valence-electron chi connectivity index (χ4n) is 2.27. The van der Waals surface area contributed by atoms with Crippen molar-refractivity contribution in [2.24, 2.45) is 0 Å². The number of hydrogen-bond acceptors (Lipinski definition) is 2. The van der Waals surface area contributed by atoms with Crippen LogP contribution in [0.4, 0.5) is 4.39 Å². The van der Waals surface area contributed by atoms with Gasteiger partial charge in [0.25, 0.3) is 0 Å². The SMILES string of the molecule is CC(=O)c1ccc(CC2(F)CCNCC2)cc1. The highest BCUT2D eigenvalue weighted by Gasteiger charge is 2.31. The number of hydrogen-bond donors (Lipinski definition) is 1. The molecule has 92 valence electrons. The summed E-state index contributed by atoms with van der Waals surface area (Å²) in [4.78, 5) is 11.1. The van der Waals surface area contributed by atoms with E-state index in [9.17, 15) is 9.18 Å². The second-order valence-corrected chi connectivity index (χ2v) is 4.83. The summed E-state index contributed by atoms with van der Waals surface area (Å²) in [6.07, 6.45) is 1.59. The van der Waals surface area contributed by atoms with E-state index >= 15 is 0 Å². The monoisotopic (exact) mass is 235 g/mol. The molecular weight excluding hydrogens is 217 g/mol. The number of piperidine rings is 1. The molecule has 17 heavy (non-hydrogen) atoms. The van der Waals surface area contributed by atoms with Gasteiger partial charge in [-0.2, -0.15) is 0 Å². The number of alkyl halides is 1. The predicted octanol–water partition coefficient (Wildman–Crippen LogP) is 2.52. The zero-order chi connectivity index (χ0) is 12.3. The van der Waals surface area contributed by atoms with Gasteiger partial charge in [0, 0.05) is 12.0 Å². The third-order valence-electron chi connectivity index (χ3n) is 3.38. The van der Waals surface area contributed by atoms with Crippen molar-refractivity contribution >= 4 is 5.78 Å². The highest BCUT2D eigenvalue weighted by Crippen LogP contribution is 2.27. The molecular formula is C14H18FNO. The van der Waals surface area contributed by atoms with E-state index < -0.39 is 5.67 Å². The summed E-state index contributed by atoms with van der Waals surface area (Å²) < 4.78 is 14.4. The minimum Gasteiger partial charge on any atom is -0.316 e. The molecule has 0 spiro atoms. The van der Waals surface area contributed by atoms with Crippen molar-refractivity contribution in [1.29, 1.82) is 0 Å². The second kappa shape index (κ2) is 4.96. The lowest BCUT2D eigenvalue weighted by molar-refractivity contribution is 0.101. The quantitative estimate of drug-likeness (QED) is 0.816. The largest absolute Gasteiger partial charge is 0.316 e. The number of nitrogens with one attached hydrogen (secondary N) is 1. The third kappa shape index (κ3) is 3.13. The standard InChI is InChI=1S/C14H18FNO/c1-11(17)13-4-2-12(3-5-13)10-14(15)6-8-16-9-7-14/h2-5,16H,6-10H2,1H3. The second-order valence-electron chi connectivity index (χ2n) is 4.83. The summed E-state index contributed by atoms with van der Waals surface area (Å²) in [5, 5.41) is 3.17. The molecule has 0 radical (unpaired) electrons. The van der Waals surface area contributed by atoms with E-state index in [2.05, 4.69) is 5.32 Å². The maximum Gasteiger partial charge on any atom is 0.159 e. The van der Waals surface area contributed by atoms with Crippen LogP contribution in [0.3, 0.4) is 0 Å². The van der Waals surface area contributed by atoms with Crippen LogP contribution in [-0.2, 0) is 6.42 Å². The first-order valence-corrected chi connectivity index (χ1v) is 6.09. The van der Waals surface area contributed by atoms with E-state index in [1.807, 2.05) is 12.1 Å². The Bertz CT molecular complexity index is 393. The van der Waals surface area contributed by atoms with Crippen LogP contribution in [0.2, 0.25) is 0 Å². The van der Waals surface area contributed by atoms with Crippen LogP contribution in [0.5, 0.6) is 0 Å². The average molecular weight is 235 g/mol. The van der Waals surface area contributed by atoms with Gasteiger partial charge in [-0.05, 0) is 38.4 Å². The molecule has 1 N–H and O–H groups in total. The first-order valence-electron chi connectivity index (χ1n) is 6.09. The van der Waals surface area contributed by atoms with Gasteiger partial charge in [-0.25, -0.2) is 4.39 Å². The van der Waals surface area contributed by atoms with Crippen molar-refractivity contribution in [3.05, 3.63) is 35.4 Å². The lowest BCUT2D eigenvalue weighted by atomic mass is 9.87. The highest BCUT2D eigenvalue weighted by molar-refractivity contribution is 5.93. The van der Waals surface area contributed by atoms with Gasteiger partial charge >= 0.3 is 0 Å². The van der Waals surface area contributed by atoms with Crippen LogP contribution in [0, 0.1) is 0 Å². The lowest BCUT2D eigenvalue weighted by Crippen LogP contribution is -2.40. The van der Waals surface area contributed by atoms with Gasteiger partial charge in [0.1, 0.15) is 5.67 Å². The molecule has 3 heteroatoms. The van der Waals surface area contributed by atoms with Gasteiger partial charge < -0.3 is 5.32 Å². The first-order chi connectivity index (χ1) is 8.09. The van der Waals surface area contributed by atoms with E-state index in [1.54, 1.807) is 19.1 Å². The van der Waals surface area contributed by atoms with Gasteiger partial charge in [-0.1, -0.05) is 24.3 Å². The summed E-state index contributed by atoms with van der Waals surface area (Å²) in [6.45, 7) is 3.04. The number of ketones is 1. The summed E-state index contributed by atoms with van der Waals surface area (Å²) >= 11 is 0. The molecule has 0 atom stereocenters. The molecule has 0 aliphatic carbocycles. The molecule has 0 aromatic heterocycles. The molecule has 0 bridgehead atoms. The number of benzene rings is 1. The maximum atomic E-state index is 14.4. The van der Waals surface area contributed by atoms with Crippen molar-refractivity contribution in [3.63, 3.8) is 0 Å². The van der Waals surface area contributed by atoms with Crippen LogP contribution in [0.25, 0.3) is 0 Å². The summed E-state index contributed by atoms with van der Waals surface area (Å²) in [5.74, 6) is 0.0494. The van der Waals surface area contributed by atoms with Crippen molar-refractivity contribution in [2.45, 2.75) is 31.9 Å². The minimum absolute atomic E-state index is 0.0494. The molecule has 1 aliphatic rings. The number of Topliss-reactive ketones (excluding diaryl/α,β-unsaturated/α-hetero) is 1. The van der Waals surface area contributed by atoms with Crippen LogP contribution in [0.15, 0.2) is 24.3 Å². The smallest absolute Gasteiger partial charge is 0.159 e. The van der Waals surface area contributed by atoms with Crippen LogP contribution in [-0.4, -0.2) is 24.5 Å². The number of halogens is 1. The van der Waals surface area contributed by atoms with Crippen molar-refractivity contribution in [3.8, 4) is 0 Å². The van der Waals surface area contributed by atoms with Crippen LogP contribution in [0.1, 0.15) is 35.7 Å². The number of rotatable bonds is 3. The van der Waals surface area contributed by atoms with E-state index in [1.165, 1.54) is 0 Å². The van der Waals surface area contributed by atoms with E-state index in [0.29, 0.717) is 24.8 Å². The fourth-order valence-corrected chi connectivity index (χ4v) is 2.27. The Morgan fingerprint density at radius 3 is 2.41 bits per heavy atom. The predicted molar refractivity (Wildman–Crippen MR) is 66.1 cm³/mol. The number of carbonyl (C=O) groups is 1. The minimum atomic E-state index is -1.08. The third-order valence-corrected chi connectivity index (χ3v) is 3.38. The summed E-state index contributed by atoms with van der Waals surface area (Å²) in [7, 11) is 0. The van der Waals surface area contributed by atoms with Gasteiger partial charge in [-0.3, -0.25) is 4.79 Å². The molecule has 0 unspecified atom stereocenters. The topological polar surface area (TPSA) is 29.1 Å². The van der Waals surface area contributed by atoms with Gasteiger partial charge in [0.05, 0.1) is 0 Å². The van der Waals surface area contributed by atoms with Gasteiger partial charge in [0.2, 0.25) is 0 Å². The van der Waals surface area contributed by atoms with E-state index in [-0.39, 0.29) is 5.78 Å². The first kappa shape index (κ1) is 12.2. The van der Waals surface area contributed by atoms with Crippen LogP contribution >= 0.6 is 0 Å². The number of carbonyl (C=O) groups excluding carboxylic acids is 1. The Balaban J connectivity index is 2.05. The molecule has 1 fully saturated rings. The van der Waals surface area contributed by atoms with Gasteiger partial charge in [-0.15, -0.1) is 0 Å². The molecule has 0 amide bonds. The zero-order valence-corrected chi connectivity index (χ0v) is 10.1. The Morgan fingerprint density at radius 1 is 1.29 bits per heavy atom. The lowest BCUT2D eigenvalue weighted by Gasteiger charge is -2.30. The average Bonchev–Trinajstić information content (AvgIpc) is 2.30. The zero-order valence-electron chi connectivity index (χ0n) is 10.1. The summed E-state index contributed by atoms with van der Waals surface area (Å²) in [5.41, 5.74) is 0.578. The van der Waals surface area contributed by atoms with E-state index in [4.69, 9.17) is 0 Å². The highest BCUT2D eigenvalue weighted by atomic mass is 19.1. The molecule has 1 aromatic rings. The molecule has 1 saturated heterocycles. The molecule has 2 rings (SSSR count). The molecule has 2 nitrogen and oxygen atoms in total. The Hall–Kier alpha value is -1.22. The molecule has 0 saturated carbocycles. The fraction of sp³-hybridized carbons (Fsp3) is 0.500.